The lowest BCUT2D eigenvalue weighted by Gasteiger charge is -2.15. The highest BCUT2D eigenvalue weighted by atomic mass is 16.2. The van der Waals surface area contributed by atoms with Crippen LogP contribution in [0.4, 0.5) is 5.95 Å². The number of nitrogens with zero attached hydrogens (tertiary/aromatic N) is 3. The zero-order valence-electron chi connectivity index (χ0n) is 12.6. The number of nitrogens with one attached hydrogen (secondary N) is 2. The molecule has 1 aliphatic rings. The molecule has 1 saturated carbocycles. The maximum Gasteiger partial charge on any atom is 0.332 e. The molecule has 2 heterocycles. The van der Waals surface area contributed by atoms with Crippen molar-refractivity contribution in [1.82, 2.24) is 19.1 Å². The van der Waals surface area contributed by atoms with Gasteiger partial charge in [0.15, 0.2) is 11.2 Å². The summed E-state index contributed by atoms with van der Waals surface area (Å²) in [4.78, 5) is 31.3. The summed E-state index contributed by atoms with van der Waals surface area (Å²) < 4.78 is 2.47. The molecule has 1 aliphatic carbocycles. The summed E-state index contributed by atoms with van der Waals surface area (Å²) >= 11 is 0. The molecule has 1 fully saturated rings. The molecule has 2 unspecified atom stereocenters. The molecule has 0 amide bonds. The van der Waals surface area contributed by atoms with Crippen molar-refractivity contribution < 1.29 is 0 Å². The number of aromatic amines is 1. The molecule has 7 nitrogen and oxygen atoms in total. The average molecular weight is 291 g/mol. The van der Waals surface area contributed by atoms with Crippen LogP contribution in [0.5, 0.6) is 0 Å². The zero-order chi connectivity index (χ0) is 15.1. The third-order valence-corrected chi connectivity index (χ3v) is 4.67. The van der Waals surface area contributed by atoms with Crippen LogP contribution in [0.2, 0.25) is 0 Å². The summed E-state index contributed by atoms with van der Waals surface area (Å²) in [5, 5.41) is 3.27. The Kier molecular flexibility index (Phi) is 3.35. The molecular formula is C14H21N5O2. The number of rotatable bonds is 3. The Morgan fingerprint density at radius 3 is 2.71 bits per heavy atom. The molecule has 2 aromatic heterocycles. The Bertz CT molecular complexity index is 785. The highest BCUT2D eigenvalue weighted by Gasteiger charge is 2.23. The number of imidazole rings is 1. The van der Waals surface area contributed by atoms with Crippen molar-refractivity contribution in [1.29, 1.82) is 0 Å². The summed E-state index contributed by atoms with van der Waals surface area (Å²) in [6.45, 7) is 3.12. The van der Waals surface area contributed by atoms with Crippen molar-refractivity contribution >= 4 is 17.1 Å². The molecule has 0 bridgehead atoms. The second kappa shape index (κ2) is 5.05. The fourth-order valence-electron chi connectivity index (χ4n) is 3.16. The van der Waals surface area contributed by atoms with Gasteiger partial charge in [0.2, 0.25) is 5.95 Å². The molecule has 0 radical (unpaired) electrons. The molecule has 3 rings (SSSR count). The van der Waals surface area contributed by atoms with Gasteiger partial charge in [-0.15, -0.1) is 0 Å². The van der Waals surface area contributed by atoms with E-state index in [0.29, 0.717) is 23.0 Å². The Labute approximate surface area is 122 Å². The van der Waals surface area contributed by atoms with Gasteiger partial charge >= 0.3 is 5.69 Å². The van der Waals surface area contributed by atoms with E-state index in [1.165, 1.54) is 30.9 Å². The predicted molar refractivity (Wildman–Crippen MR) is 81.6 cm³/mol. The minimum Gasteiger partial charge on any atom is -0.355 e. The number of anilines is 1. The van der Waals surface area contributed by atoms with E-state index in [0.717, 1.165) is 17.0 Å². The quantitative estimate of drug-likeness (QED) is 0.876. The second-order valence-electron chi connectivity index (χ2n) is 6.04. The Morgan fingerprint density at radius 1 is 1.29 bits per heavy atom. The van der Waals surface area contributed by atoms with Crippen molar-refractivity contribution in [2.24, 2.45) is 25.9 Å². The van der Waals surface area contributed by atoms with Crippen LogP contribution in [0, 0.1) is 11.8 Å². The zero-order valence-corrected chi connectivity index (χ0v) is 12.6. The summed E-state index contributed by atoms with van der Waals surface area (Å²) in [7, 11) is 3.09. The smallest absolute Gasteiger partial charge is 0.332 e. The van der Waals surface area contributed by atoms with E-state index in [-0.39, 0.29) is 11.2 Å². The Balaban J connectivity index is 1.91. The number of aromatic nitrogens is 4. The van der Waals surface area contributed by atoms with Crippen molar-refractivity contribution in [3.05, 3.63) is 20.8 Å². The molecule has 0 aliphatic heterocycles. The standard InChI is InChI=1S/C14H21N5O2/c1-8-5-4-6-9(8)7-15-13-16-10-11(17-13)18(2)14(21)19(3)12(10)20/h8-9H,4-7H2,1-3H3,(H2,15,16,17). The van der Waals surface area contributed by atoms with Gasteiger partial charge in [-0.2, -0.15) is 4.98 Å². The lowest BCUT2D eigenvalue weighted by atomic mass is 9.98. The number of H-pyrrole nitrogens is 1. The first-order valence-corrected chi connectivity index (χ1v) is 7.38. The van der Waals surface area contributed by atoms with Crippen molar-refractivity contribution in [3.63, 3.8) is 0 Å². The molecule has 2 atom stereocenters. The molecular weight excluding hydrogens is 270 g/mol. The van der Waals surface area contributed by atoms with Crippen molar-refractivity contribution in [2.45, 2.75) is 26.2 Å². The Hall–Kier alpha value is -2.05. The van der Waals surface area contributed by atoms with Gasteiger partial charge in [0.1, 0.15) is 0 Å². The molecule has 2 N–H and O–H groups in total. The summed E-state index contributed by atoms with van der Waals surface area (Å²) in [5.41, 5.74) is 0.0458. The van der Waals surface area contributed by atoms with Crippen LogP contribution >= 0.6 is 0 Å². The van der Waals surface area contributed by atoms with E-state index >= 15 is 0 Å². The average Bonchev–Trinajstić information content (AvgIpc) is 3.07. The number of hydrogen-bond acceptors (Lipinski definition) is 4. The third-order valence-electron chi connectivity index (χ3n) is 4.67. The lowest BCUT2D eigenvalue weighted by molar-refractivity contribution is 0.439. The first kappa shape index (κ1) is 13.9. The van der Waals surface area contributed by atoms with Crippen LogP contribution in [-0.2, 0) is 14.1 Å². The first-order chi connectivity index (χ1) is 9.99. The highest BCUT2D eigenvalue weighted by Crippen LogP contribution is 2.31. The monoisotopic (exact) mass is 291 g/mol. The van der Waals surface area contributed by atoms with E-state index in [1.54, 1.807) is 7.05 Å². The van der Waals surface area contributed by atoms with E-state index < -0.39 is 0 Å². The molecule has 21 heavy (non-hydrogen) atoms. The van der Waals surface area contributed by atoms with E-state index in [2.05, 4.69) is 22.2 Å². The van der Waals surface area contributed by atoms with Gasteiger partial charge < -0.3 is 10.3 Å². The largest absolute Gasteiger partial charge is 0.355 e. The van der Waals surface area contributed by atoms with E-state index in [9.17, 15) is 9.59 Å². The van der Waals surface area contributed by atoms with Gasteiger partial charge in [-0.3, -0.25) is 13.9 Å². The SMILES string of the molecule is CC1CCCC1CNc1nc2c([nH]1)c(=O)n(C)c(=O)n2C. The van der Waals surface area contributed by atoms with Crippen LogP contribution in [0.15, 0.2) is 9.59 Å². The third kappa shape index (κ3) is 2.26. The fraction of sp³-hybridized carbons (Fsp3) is 0.643. The van der Waals surface area contributed by atoms with Gasteiger partial charge in [-0.25, -0.2) is 4.79 Å². The van der Waals surface area contributed by atoms with Crippen LogP contribution < -0.4 is 16.6 Å². The number of fused-ring (bicyclic) bond motifs is 1. The minimum absolute atomic E-state index is 0.345. The van der Waals surface area contributed by atoms with Gasteiger partial charge in [0, 0.05) is 20.6 Å². The van der Waals surface area contributed by atoms with Gasteiger partial charge in [0.25, 0.3) is 5.56 Å². The molecule has 7 heteroatoms. The van der Waals surface area contributed by atoms with Gasteiger partial charge in [-0.1, -0.05) is 19.8 Å². The number of hydrogen-bond donors (Lipinski definition) is 2. The van der Waals surface area contributed by atoms with Crippen molar-refractivity contribution in [2.75, 3.05) is 11.9 Å². The van der Waals surface area contributed by atoms with Crippen LogP contribution in [0.25, 0.3) is 11.2 Å². The van der Waals surface area contributed by atoms with Crippen LogP contribution in [0.1, 0.15) is 26.2 Å². The minimum atomic E-state index is -0.366. The molecule has 114 valence electrons. The Morgan fingerprint density at radius 2 is 2.05 bits per heavy atom. The first-order valence-electron chi connectivity index (χ1n) is 7.38. The van der Waals surface area contributed by atoms with Crippen molar-refractivity contribution in [3.8, 4) is 0 Å². The molecule has 0 saturated heterocycles. The summed E-state index contributed by atoms with van der Waals surface area (Å²) in [5.74, 6) is 1.92. The maximum atomic E-state index is 12.1. The molecule has 2 aromatic rings. The maximum absolute atomic E-state index is 12.1. The van der Waals surface area contributed by atoms with Gasteiger partial charge in [0.05, 0.1) is 0 Å². The van der Waals surface area contributed by atoms with Crippen LogP contribution in [0.3, 0.4) is 0 Å². The summed E-state index contributed by atoms with van der Waals surface area (Å²) in [6.07, 6.45) is 3.79. The highest BCUT2D eigenvalue weighted by molar-refractivity contribution is 5.72. The number of aryl methyl sites for hydroxylation is 1. The molecule has 0 aromatic carbocycles. The fourth-order valence-corrected chi connectivity index (χ4v) is 3.16. The van der Waals surface area contributed by atoms with Gasteiger partial charge in [-0.05, 0) is 18.3 Å². The normalized spacial score (nSPS) is 22.0. The second-order valence-corrected chi connectivity index (χ2v) is 6.04. The van der Waals surface area contributed by atoms with E-state index in [4.69, 9.17) is 0 Å². The van der Waals surface area contributed by atoms with Crippen LogP contribution in [-0.4, -0.2) is 25.6 Å². The predicted octanol–water partition coefficient (Wildman–Crippen LogP) is 0.808. The van der Waals surface area contributed by atoms with E-state index in [1.807, 2.05) is 0 Å². The lowest BCUT2D eigenvalue weighted by Crippen LogP contribution is -2.36. The summed E-state index contributed by atoms with van der Waals surface area (Å²) in [6, 6.07) is 0. The molecule has 0 spiro atoms. The topological polar surface area (TPSA) is 84.7 Å².